The fraction of sp³-hybridized carbons (Fsp3) is 0. The average molecular weight is 264 g/mol. The molecular formula is C9H7NNaO3S2. The van der Waals surface area contributed by atoms with Gasteiger partial charge in [0.25, 0.3) is 0 Å². The molecule has 2 aromatic heterocycles. The summed E-state index contributed by atoms with van der Waals surface area (Å²) in [6.45, 7) is 0. The molecule has 0 amide bonds. The Labute approximate surface area is 119 Å². The van der Waals surface area contributed by atoms with Gasteiger partial charge in [0.1, 0.15) is 0 Å². The molecule has 0 bridgehead atoms. The van der Waals surface area contributed by atoms with Gasteiger partial charge in [0.2, 0.25) is 0 Å². The van der Waals surface area contributed by atoms with E-state index in [0.717, 1.165) is 5.56 Å². The van der Waals surface area contributed by atoms with E-state index in [2.05, 4.69) is 4.98 Å². The molecule has 2 rings (SSSR count). The van der Waals surface area contributed by atoms with E-state index in [9.17, 15) is 8.42 Å². The SMILES string of the molecule is O=S(=O)(O)c1cccc(-c2ccsc2)n1.[Na]. The number of aromatic nitrogens is 1. The summed E-state index contributed by atoms with van der Waals surface area (Å²) in [6, 6.07) is 6.33. The van der Waals surface area contributed by atoms with Gasteiger partial charge in [-0.15, -0.1) is 0 Å². The van der Waals surface area contributed by atoms with Crippen LogP contribution in [0.15, 0.2) is 40.1 Å². The molecule has 2 aromatic rings. The Bertz CT molecular complexity index is 566. The van der Waals surface area contributed by atoms with Crippen molar-refractivity contribution in [2.75, 3.05) is 0 Å². The van der Waals surface area contributed by atoms with Crippen molar-refractivity contribution in [3.05, 3.63) is 35.0 Å². The molecule has 0 saturated heterocycles. The smallest absolute Gasteiger partial charge is 0.281 e. The molecule has 0 spiro atoms. The summed E-state index contributed by atoms with van der Waals surface area (Å²) < 4.78 is 30.5. The van der Waals surface area contributed by atoms with Crippen molar-refractivity contribution in [3.63, 3.8) is 0 Å². The Balaban J connectivity index is 0.00000128. The molecule has 1 radical (unpaired) electrons. The minimum Gasteiger partial charge on any atom is -0.281 e. The molecule has 0 aliphatic carbocycles. The van der Waals surface area contributed by atoms with Crippen LogP contribution in [-0.4, -0.2) is 47.5 Å². The zero-order valence-electron chi connectivity index (χ0n) is 8.49. The van der Waals surface area contributed by atoms with Crippen LogP contribution in [0.4, 0.5) is 0 Å². The predicted molar refractivity (Wildman–Crippen MR) is 63.1 cm³/mol. The van der Waals surface area contributed by atoms with Gasteiger partial charge in [-0.2, -0.15) is 19.8 Å². The second-order valence-electron chi connectivity index (χ2n) is 2.85. The molecule has 4 nitrogen and oxygen atoms in total. The van der Waals surface area contributed by atoms with Gasteiger partial charge in [0.05, 0.1) is 5.69 Å². The number of nitrogens with zero attached hydrogens (tertiary/aromatic N) is 1. The molecular weight excluding hydrogens is 257 g/mol. The Morgan fingerprint density at radius 1 is 1.25 bits per heavy atom. The molecule has 0 aliphatic heterocycles. The van der Waals surface area contributed by atoms with E-state index in [1.165, 1.54) is 17.4 Å². The average Bonchev–Trinajstić information content (AvgIpc) is 2.69. The first kappa shape index (κ1) is 13.8. The van der Waals surface area contributed by atoms with Crippen LogP contribution in [-0.2, 0) is 10.1 Å². The van der Waals surface area contributed by atoms with E-state index in [1.54, 1.807) is 12.1 Å². The number of pyridine rings is 1. The Hall–Kier alpha value is -0.240. The monoisotopic (exact) mass is 264 g/mol. The number of rotatable bonds is 2. The Kier molecular flexibility index (Phi) is 4.66. The number of hydrogen-bond acceptors (Lipinski definition) is 4. The first-order chi connectivity index (χ1) is 7.07. The van der Waals surface area contributed by atoms with E-state index < -0.39 is 10.1 Å². The molecule has 1 N–H and O–H groups in total. The molecule has 16 heavy (non-hydrogen) atoms. The van der Waals surface area contributed by atoms with Gasteiger partial charge in [0.15, 0.2) is 5.03 Å². The van der Waals surface area contributed by atoms with Crippen molar-refractivity contribution < 1.29 is 13.0 Å². The summed E-state index contributed by atoms with van der Waals surface area (Å²) in [5, 5.41) is 3.40. The summed E-state index contributed by atoms with van der Waals surface area (Å²) in [6.07, 6.45) is 0. The molecule has 0 aliphatic rings. The molecule has 7 heteroatoms. The van der Waals surface area contributed by atoms with Crippen LogP contribution >= 0.6 is 11.3 Å². The van der Waals surface area contributed by atoms with Crippen LogP contribution in [0.3, 0.4) is 0 Å². The summed E-state index contributed by atoms with van der Waals surface area (Å²) in [5.74, 6) is 0. The first-order valence-electron chi connectivity index (χ1n) is 4.04. The second-order valence-corrected chi connectivity index (χ2v) is 5.00. The summed E-state index contributed by atoms with van der Waals surface area (Å²) >= 11 is 1.50. The number of hydrogen-bond donors (Lipinski definition) is 1. The molecule has 0 fully saturated rings. The quantitative estimate of drug-likeness (QED) is 0.662. The summed E-state index contributed by atoms with van der Waals surface area (Å²) in [5.41, 5.74) is 1.37. The van der Waals surface area contributed by atoms with Crippen LogP contribution < -0.4 is 0 Å². The van der Waals surface area contributed by atoms with E-state index in [0.29, 0.717) is 5.69 Å². The van der Waals surface area contributed by atoms with Crippen LogP contribution in [0, 0.1) is 0 Å². The van der Waals surface area contributed by atoms with Gasteiger partial charge in [-0.25, -0.2) is 4.98 Å². The van der Waals surface area contributed by atoms with Crippen molar-refractivity contribution >= 4 is 51.0 Å². The van der Waals surface area contributed by atoms with E-state index >= 15 is 0 Å². The predicted octanol–water partition coefficient (Wildman–Crippen LogP) is 1.68. The normalized spacial score (nSPS) is 10.8. The molecule has 79 valence electrons. The van der Waals surface area contributed by atoms with Crippen LogP contribution in [0.2, 0.25) is 0 Å². The fourth-order valence-corrected chi connectivity index (χ4v) is 2.24. The van der Waals surface area contributed by atoms with E-state index in [-0.39, 0.29) is 34.6 Å². The summed E-state index contributed by atoms with van der Waals surface area (Å²) in [4.78, 5) is 3.86. The van der Waals surface area contributed by atoms with Crippen LogP contribution in [0.5, 0.6) is 0 Å². The van der Waals surface area contributed by atoms with Gasteiger partial charge >= 0.3 is 10.1 Å². The van der Waals surface area contributed by atoms with Gasteiger partial charge in [-0.3, -0.25) is 4.55 Å². The van der Waals surface area contributed by atoms with Crippen LogP contribution in [0.1, 0.15) is 0 Å². The topological polar surface area (TPSA) is 67.3 Å². The standard InChI is InChI=1S/C9H7NO3S2.Na/c11-15(12,13)9-3-1-2-8(10-9)7-4-5-14-6-7;/h1-6H,(H,11,12,13);. The van der Waals surface area contributed by atoms with Crippen LogP contribution in [0.25, 0.3) is 11.3 Å². The van der Waals surface area contributed by atoms with Gasteiger partial charge in [-0.05, 0) is 23.6 Å². The first-order valence-corrected chi connectivity index (χ1v) is 6.43. The largest absolute Gasteiger partial charge is 0.312 e. The number of thiophene rings is 1. The Morgan fingerprint density at radius 2 is 2.00 bits per heavy atom. The Morgan fingerprint density at radius 3 is 2.56 bits per heavy atom. The molecule has 0 aromatic carbocycles. The maximum Gasteiger partial charge on any atom is 0.312 e. The third-order valence-electron chi connectivity index (χ3n) is 1.80. The third kappa shape index (κ3) is 3.13. The molecule has 0 atom stereocenters. The minimum absolute atomic E-state index is 0. The van der Waals surface area contributed by atoms with E-state index in [1.807, 2.05) is 16.8 Å². The fourth-order valence-electron chi connectivity index (χ4n) is 1.13. The minimum atomic E-state index is -4.22. The van der Waals surface area contributed by atoms with Crippen molar-refractivity contribution in [1.82, 2.24) is 4.98 Å². The van der Waals surface area contributed by atoms with Crippen molar-refractivity contribution in [1.29, 1.82) is 0 Å². The zero-order valence-corrected chi connectivity index (χ0v) is 12.1. The van der Waals surface area contributed by atoms with Gasteiger partial charge < -0.3 is 0 Å². The third-order valence-corrected chi connectivity index (χ3v) is 3.24. The second kappa shape index (κ2) is 5.39. The van der Waals surface area contributed by atoms with Crippen molar-refractivity contribution in [2.45, 2.75) is 5.03 Å². The van der Waals surface area contributed by atoms with Gasteiger partial charge in [-0.1, -0.05) is 6.07 Å². The van der Waals surface area contributed by atoms with Crippen molar-refractivity contribution in [3.8, 4) is 11.3 Å². The van der Waals surface area contributed by atoms with E-state index in [4.69, 9.17) is 4.55 Å². The molecule has 2 heterocycles. The van der Waals surface area contributed by atoms with Gasteiger partial charge in [0, 0.05) is 40.5 Å². The maximum atomic E-state index is 10.9. The molecule has 0 unspecified atom stereocenters. The summed E-state index contributed by atoms with van der Waals surface area (Å²) in [7, 11) is -4.22. The molecule has 0 saturated carbocycles. The zero-order chi connectivity index (χ0) is 10.9. The van der Waals surface area contributed by atoms with Crippen molar-refractivity contribution in [2.24, 2.45) is 0 Å². The maximum absolute atomic E-state index is 10.9.